The molecule has 33 heavy (non-hydrogen) atoms. The Balaban J connectivity index is 1.55. The quantitative estimate of drug-likeness (QED) is 0.273. The van der Waals surface area contributed by atoms with Gasteiger partial charge in [-0.15, -0.1) is 0 Å². The van der Waals surface area contributed by atoms with Gasteiger partial charge in [0.2, 0.25) is 0 Å². The number of ketones is 1. The Hall–Kier alpha value is -4.19. The molecule has 6 nitrogen and oxygen atoms in total. The molecule has 5 rings (SSSR count). The van der Waals surface area contributed by atoms with Crippen molar-refractivity contribution in [2.75, 3.05) is 6.54 Å². The van der Waals surface area contributed by atoms with Crippen molar-refractivity contribution in [3.05, 3.63) is 107 Å². The number of hydrogen-bond acceptors (Lipinski definition) is 4. The molecule has 0 unspecified atom stereocenters. The number of Topliss-reactive ketones (excluding diaryl/α,β-unsaturated/α-hetero) is 1. The summed E-state index contributed by atoms with van der Waals surface area (Å²) in [5.41, 5.74) is 4.23. The normalized spacial score (nSPS) is 17.7. The Morgan fingerprint density at radius 2 is 1.79 bits per heavy atom. The van der Waals surface area contributed by atoms with E-state index < -0.39 is 17.7 Å². The molecule has 1 aliphatic rings. The van der Waals surface area contributed by atoms with E-state index in [0.717, 1.165) is 22.0 Å². The second-order valence-electron chi connectivity index (χ2n) is 8.22. The van der Waals surface area contributed by atoms with Gasteiger partial charge in [0.05, 0.1) is 11.3 Å². The Bertz CT molecular complexity index is 1370. The van der Waals surface area contributed by atoms with Crippen LogP contribution in [0.25, 0.3) is 16.7 Å². The van der Waals surface area contributed by atoms with Gasteiger partial charge in [0, 0.05) is 35.4 Å². The largest absolute Gasteiger partial charge is 0.507 e. The van der Waals surface area contributed by atoms with E-state index in [4.69, 9.17) is 0 Å². The number of nitrogens with zero attached hydrogens (tertiary/aromatic N) is 2. The van der Waals surface area contributed by atoms with Gasteiger partial charge in [-0.25, -0.2) is 0 Å². The molecule has 0 spiro atoms. The molecule has 1 amide bonds. The number of pyridine rings is 1. The van der Waals surface area contributed by atoms with E-state index in [1.54, 1.807) is 30.5 Å². The molecule has 4 aromatic rings. The van der Waals surface area contributed by atoms with Gasteiger partial charge >= 0.3 is 0 Å². The van der Waals surface area contributed by atoms with Crippen molar-refractivity contribution in [3.63, 3.8) is 0 Å². The number of hydrogen-bond donors (Lipinski definition) is 2. The van der Waals surface area contributed by atoms with Crippen molar-refractivity contribution < 1.29 is 14.7 Å². The lowest BCUT2D eigenvalue weighted by Crippen LogP contribution is -2.32. The molecule has 3 heterocycles. The van der Waals surface area contributed by atoms with Gasteiger partial charge in [-0.2, -0.15) is 0 Å². The third-order valence-corrected chi connectivity index (χ3v) is 6.13. The predicted molar refractivity (Wildman–Crippen MR) is 126 cm³/mol. The Kier molecular flexibility index (Phi) is 5.26. The van der Waals surface area contributed by atoms with Crippen LogP contribution in [0.3, 0.4) is 0 Å². The molecule has 1 saturated heterocycles. The third-order valence-electron chi connectivity index (χ3n) is 6.13. The molecule has 2 aromatic carbocycles. The standard InChI is InChI=1S/C27H23N3O3/c1-17-9-11-18(12-10-17)25(31)23-24(22-8-4-5-14-28-22)30(27(33)26(23)32)15-13-19-16-29-21-7-3-2-6-20(19)21/h2-12,14,16,24,29,31H,13,15H2,1H3/t24-/m0/s1. The summed E-state index contributed by atoms with van der Waals surface area (Å²) < 4.78 is 0. The molecule has 6 heteroatoms. The molecule has 0 aliphatic carbocycles. The Morgan fingerprint density at radius 1 is 1.03 bits per heavy atom. The number of nitrogens with one attached hydrogen (secondary N) is 1. The maximum atomic E-state index is 13.1. The number of aliphatic hydroxyl groups is 1. The number of carbonyl (C=O) groups excluding carboxylic acids is 2. The van der Waals surface area contributed by atoms with Crippen molar-refractivity contribution in [2.45, 2.75) is 19.4 Å². The molecule has 1 fully saturated rings. The zero-order valence-electron chi connectivity index (χ0n) is 18.2. The average Bonchev–Trinajstić information content (AvgIpc) is 3.37. The monoisotopic (exact) mass is 437 g/mol. The fourth-order valence-electron chi connectivity index (χ4n) is 4.40. The molecule has 1 aliphatic heterocycles. The van der Waals surface area contributed by atoms with Crippen LogP contribution in [0.5, 0.6) is 0 Å². The molecule has 0 radical (unpaired) electrons. The van der Waals surface area contributed by atoms with E-state index in [2.05, 4.69) is 9.97 Å². The molecular weight excluding hydrogens is 414 g/mol. The van der Waals surface area contributed by atoms with Crippen molar-refractivity contribution in [2.24, 2.45) is 0 Å². The van der Waals surface area contributed by atoms with E-state index in [0.29, 0.717) is 24.2 Å². The van der Waals surface area contributed by atoms with E-state index in [9.17, 15) is 14.7 Å². The summed E-state index contributed by atoms with van der Waals surface area (Å²) in [6, 6.07) is 19.8. The van der Waals surface area contributed by atoms with Crippen LogP contribution in [0, 0.1) is 6.92 Å². The minimum Gasteiger partial charge on any atom is -0.507 e. The fourth-order valence-corrected chi connectivity index (χ4v) is 4.40. The van der Waals surface area contributed by atoms with E-state index in [1.165, 1.54) is 4.90 Å². The highest BCUT2D eigenvalue weighted by molar-refractivity contribution is 6.46. The Morgan fingerprint density at radius 3 is 2.55 bits per heavy atom. The Labute approximate surface area is 191 Å². The summed E-state index contributed by atoms with van der Waals surface area (Å²) in [7, 11) is 0. The number of aliphatic hydroxyl groups excluding tert-OH is 1. The van der Waals surface area contributed by atoms with Crippen LogP contribution < -0.4 is 0 Å². The first-order valence-corrected chi connectivity index (χ1v) is 10.9. The lowest BCUT2D eigenvalue weighted by molar-refractivity contribution is -0.139. The van der Waals surface area contributed by atoms with Crippen LogP contribution in [0.1, 0.15) is 28.4 Å². The fraction of sp³-hybridized carbons (Fsp3) is 0.148. The molecule has 164 valence electrons. The van der Waals surface area contributed by atoms with Crippen LogP contribution in [0.2, 0.25) is 0 Å². The zero-order valence-corrected chi connectivity index (χ0v) is 18.2. The van der Waals surface area contributed by atoms with E-state index >= 15 is 0 Å². The van der Waals surface area contributed by atoms with Gasteiger partial charge in [-0.3, -0.25) is 14.6 Å². The second kappa shape index (κ2) is 8.39. The maximum Gasteiger partial charge on any atom is 0.295 e. The van der Waals surface area contributed by atoms with Gasteiger partial charge in [-0.05, 0) is 37.1 Å². The lowest BCUT2D eigenvalue weighted by atomic mass is 9.98. The number of H-pyrrole nitrogens is 1. The first kappa shape index (κ1) is 20.7. The first-order chi connectivity index (χ1) is 16.0. The lowest BCUT2D eigenvalue weighted by Gasteiger charge is -2.24. The maximum absolute atomic E-state index is 13.1. The summed E-state index contributed by atoms with van der Waals surface area (Å²) in [5, 5.41) is 12.2. The highest BCUT2D eigenvalue weighted by Gasteiger charge is 2.46. The highest BCUT2D eigenvalue weighted by atomic mass is 16.3. The number of rotatable bonds is 5. The van der Waals surface area contributed by atoms with Crippen molar-refractivity contribution in [1.29, 1.82) is 0 Å². The summed E-state index contributed by atoms with van der Waals surface area (Å²) >= 11 is 0. The number of amides is 1. The van der Waals surface area contributed by atoms with Gasteiger partial charge in [0.15, 0.2) is 0 Å². The molecule has 2 N–H and O–H groups in total. The van der Waals surface area contributed by atoms with Gasteiger partial charge < -0.3 is 15.0 Å². The number of aryl methyl sites for hydroxylation is 1. The highest BCUT2D eigenvalue weighted by Crippen LogP contribution is 2.38. The minimum absolute atomic E-state index is 0.0708. The number of fused-ring (bicyclic) bond motifs is 1. The van der Waals surface area contributed by atoms with Gasteiger partial charge in [0.1, 0.15) is 11.8 Å². The molecule has 0 saturated carbocycles. The van der Waals surface area contributed by atoms with E-state index in [-0.39, 0.29) is 11.3 Å². The van der Waals surface area contributed by atoms with Crippen molar-refractivity contribution in [1.82, 2.24) is 14.9 Å². The third kappa shape index (κ3) is 3.69. The van der Waals surface area contributed by atoms with Gasteiger partial charge in [0.25, 0.3) is 11.7 Å². The molecular formula is C27H23N3O3. The summed E-state index contributed by atoms with van der Waals surface area (Å²) in [5.74, 6) is -1.50. The van der Waals surface area contributed by atoms with E-state index in [1.807, 2.05) is 55.6 Å². The zero-order chi connectivity index (χ0) is 22.9. The van der Waals surface area contributed by atoms with Crippen molar-refractivity contribution in [3.8, 4) is 0 Å². The average molecular weight is 437 g/mol. The summed E-state index contributed by atoms with van der Waals surface area (Å²) in [6.45, 7) is 2.26. The number of carbonyl (C=O) groups is 2. The van der Waals surface area contributed by atoms with Crippen LogP contribution in [0.15, 0.2) is 84.7 Å². The number of aromatic nitrogens is 2. The number of likely N-dealkylation sites (tertiary alicyclic amines) is 1. The number of aromatic amines is 1. The topological polar surface area (TPSA) is 86.3 Å². The van der Waals surface area contributed by atoms with Crippen molar-refractivity contribution >= 4 is 28.4 Å². The molecule has 1 atom stereocenters. The summed E-state index contributed by atoms with van der Waals surface area (Å²) in [6.07, 6.45) is 4.12. The van der Waals surface area contributed by atoms with Crippen LogP contribution in [-0.4, -0.2) is 38.2 Å². The smallest absolute Gasteiger partial charge is 0.295 e. The molecule has 2 aromatic heterocycles. The van der Waals surface area contributed by atoms with Gasteiger partial charge in [-0.1, -0.05) is 54.1 Å². The van der Waals surface area contributed by atoms with Crippen LogP contribution in [-0.2, 0) is 16.0 Å². The van der Waals surface area contributed by atoms with Crippen LogP contribution >= 0.6 is 0 Å². The predicted octanol–water partition coefficient (Wildman–Crippen LogP) is 4.54. The second-order valence-corrected chi connectivity index (χ2v) is 8.22. The minimum atomic E-state index is -0.752. The SMILES string of the molecule is Cc1ccc(C(O)=C2C(=O)C(=O)N(CCc3c[nH]c4ccccc34)[C@H]2c2ccccn2)cc1. The number of para-hydroxylation sites is 1. The summed E-state index contributed by atoms with van der Waals surface area (Å²) in [4.78, 5) is 35.4. The number of benzene rings is 2. The first-order valence-electron chi connectivity index (χ1n) is 10.9. The van der Waals surface area contributed by atoms with Crippen LogP contribution in [0.4, 0.5) is 0 Å². The molecule has 0 bridgehead atoms.